The summed E-state index contributed by atoms with van der Waals surface area (Å²) in [6.07, 6.45) is 11.8. The molecule has 0 aromatic rings. The van der Waals surface area contributed by atoms with Gasteiger partial charge in [0.1, 0.15) is 5.78 Å². The lowest BCUT2D eigenvalue weighted by atomic mass is 9.30. The highest BCUT2D eigenvalue weighted by molar-refractivity contribution is 5.85. The topological polar surface area (TPSA) is 37.3 Å². The molecule has 0 spiro atoms. The third-order valence-electron chi connectivity index (χ3n) is 13.9. The van der Waals surface area contributed by atoms with Crippen LogP contribution in [0.2, 0.25) is 0 Å². The lowest BCUT2D eigenvalue weighted by Gasteiger charge is -2.74. The van der Waals surface area contributed by atoms with E-state index in [4.69, 9.17) is 0 Å². The fourth-order valence-electron chi connectivity index (χ4n) is 11.9. The summed E-state index contributed by atoms with van der Waals surface area (Å²) in [4.78, 5) is 12.9. The molecular formula is C30H50O2. The maximum Gasteiger partial charge on any atom is 0.138 e. The van der Waals surface area contributed by atoms with E-state index >= 15 is 0 Å². The molecule has 5 rings (SSSR count). The molecule has 5 aliphatic rings. The van der Waals surface area contributed by atoms with Crippen LogP contribution in [0, 0.1) is 56.2 Å². The summed E-state index contributed by atoms with van der Waals surface area (Å²) < 4.78 is 0. The third kappa shape index (κ3) is 2.55. The Labute approximate surface area is 197 Å². The van der Waals surface area contributed by atoms with Crippen LogP contribution in [0.25, 0.3) is 0 Å². The van der Waals surface area contributed by atoms with Crippen molar-refractivity contribution in [3.05, 3.63) is 0 Å². The first-order valence-electron chi connectivity index (χ1n) is 13.9. The van der Waals surface area contributed by atoms with Gasteiger partial charge in [0, 0.05) is 11.8 Å². The van der Waals surface area contributed by atoms with Gasteiger partial charge in [-0.1, -0.05) is 55.4 Å². The first-order valence-corrected chi connectivity index (χ1v) is 13.9. The SMILES string of the molecule is CC1(C)C(=O)CC[C@]2(C)[C@H]3CC[C@@H]4[C@@]5(C)CC[C@@H](O)C(C)(C)[C@@H]5CC[C@@]4(C)[C@]3(C)CC[C@@H]12. The second-order valence-corrected chi connectivity index (χ2v) is 15.2. The maximum atomic E-state index is 12.9. The summed E-state index contributed by atoms with van der Waals surface area (Å²) in [6.45, 7) is 19.8. The van der Waals surface area contributed by atoms with Crippen LogP contribution in [-0.4, -0.2) is 17.0 Å². The molecule has 0 amide bonds. The Hall–Kier alpha value is -0.370. The van der Waals surface area contributed by atoms with Crippen molar-refractivity contribution in [1.82, 2.24) is 0 Å². The van der Waals surface area contributed by atoms with Crippen LogP contribution in [0.4, 0.5) is 0 Å². The predicted molar refractivity (Wildman–Crippen MR) is 131 cm³/mol. The van der Waals surface area contributed by atoms with Gasteiger partial charge in [0.25, 0.3) is 0 Å². The van der Waals surface area contributed by atoms with Crippen molar-refractivity contribution >= 4 is 5.78 Å². The van der Waals surface area contributed by atoms with Crippen LogP contribution in [0.1, 0.15) is 120 Å². The molecule has 182 valence electrons. The zero-order chi connectivity index (χ0) is 23.5. The maximum absolute atomic E-state index is 12.9. The van der Waals surface area contributed by atoms with Gasteiger partial charge in [0.2, 0.25) is 0 Å². The van der Waals surface area contributed by atoms with Crippen LogP contribution >= 0.6 is 0 Å². The van der Waals surface area contributed by atoms with E-state index in [2.05, 4.69) is 55.4 Å². The third-order valence-corrected chi connectivity index (χ3v) is 13.9. The van der Waals surface area contributed by atoms with E-state index in [0.29, 0.717) is 39.3 Å². The summed E-state index contributed by atoms with van der Waals surface area (Å²) in [7, 11) is 0. The van der Waals surface area contributed by atoms with Gasteiger partial charge in [-0.15, -0.1) is 0 Å². The van der Waals surface area contributed by atoms with E-state index in [1.165, 1.54) is 44.9 Å². The van der Waals surface area contributed by atoms with Gasteiger partial charge in [0.15, 0.2) is 0 Å². The molecule has 9 atom stereocenters. The number of ketones is 1. The molecule has 2 nitrogen and oxygen atoms in total. The van der Waals surface area contributed by atoms with Crippen LogP contribution in [-0.2, 0) is 4.79 Å². The zero-order valence-corrected chi connectivity index (χ0v) is 22.3. The Balaban J connectivity index is 1.54. The Morgan fingerprint density at radius 1 is 0.625 bits per heavy atom. The second kappa shape index (κ2) is 6.64. The molecule has 0 aromatic carbocycles. The molecule has 0 aromatic heterocycles. The van der Waals surface area contributed by atoms with Crippen LogP contribution in [0.3, 0.4) is 0 Å². The predicted octanol–water partition coefficient (Wildman–Crippen LogP) is 7.43. The smallest absolute Gasteiger partial charge is 0.138 e. The Morgan fingerprint density at radius 3 is 1.69 bits per heavy atom. The molecular weight excluding hydrogens is 392 g/mol. The van der Waals surface area contributed by atoms with Crippen molar-refractivity contribution in [3.63, 3.8) is 0 Å². The highest BCUT2D eigenvalue weighted by atomic mass is 16.3. The second-order valence-electron chi connectivity index (χ2n) is 15.2. The molecule has 5 fully saturated rings. The lowest BCUT2D eigenvalue weighted by Crippen LogP contribution is -2.68. The summed E-state index contributed by atoms with van der Waals surface area (Å²) in [6, 6.07) is 0. The lowest BCUT2D eigenvalue weighted by molar-refractivity contribution is -0.261. The summed E-state index contributed by atoms with van der Waals surface area (Å²) in [5.74, 6) is 3.20. The van der Waals surface area contributed by atoms with E-state index < -0.39 is 0 Å². The van der Waals surface area contributed by atoms with Gasteiger partial charge in [-0.3, -0.25) is 4.79 Å². The largest absolute Gasteiger partial charge is 0.393 e. The van der Waals surface area contributed by atoms with Gasteiger partial charge >= 0.3 is 0 Å². The molecule has 0 saturated heterocycles. The van der Waals surface area contributed by atoms with E-state index in [9.17, 15) is 9.90 Å². The Kier molecular flexibility index (Phi) is 4.85. The summed E-state index contributed by atoms with van der Waals surface area (Å²) in [5, 5.41) is 10.9. The van der Waals surface area contributed by atoms with Gasteiger partial charge in [-0.05, 0) is 109 Å². The number of Topliss-reactive ketones (excluding diaryl/α,β-unsaturated/α-hetero) is 1. The van der Waals surface area contributed by atoms with Crippen LogP contribution in [0.15, 0.2) is 0 Å². The molecule has 5 saturated carbocycles. The molecule has 32 heavy (non-hydrogen) atoms. The average molecular weight is 443 g/mol. The van der Waals surface area contributed by atoms with E-state index in [-0.39, 0.29) is 16.9 Å². The minimum absolute atomic E-state index is 0.0312. The van der Waals surface area contributed by atoms with Crippen molar-refractivity contribution < 1.29 is 9.90 Å². The Bertz CT molecular complexity index is 812. The van der Waals surface area contributed by atoms with E-state index in [1.54, 1.807) is 0 Å². The van der Waals surface area contributed by atoms with Gasteiger partial charge in [-0.2, -0.15) is 0 Å². The zero-order valence-electron chi connectivity index (χ0n) is 22.3. The quantitative estimate of drug-likeness (QED) is 0.423. The molecule has 0 heterocycles. The molecule has 0 radical (unpaired) electrons. The monoisotopic (exact) mass is 442 g/mol. The van der Waals surface area contributed by atoms with Crippen LogP contribution in [0.5, 0.6) is 0 Å². The Morgan fingerprint density at radius 2 is 1.12 bits per heavy atom. The first-order chi connectivity index (χ1) is 14.7. The van der Waals surface area contributed by atoms with Gasteiger partial charge < -0.3 is 5.11 Å². The molecule has 5 aliphatic carbocycles. The van der Waals surface area contributed by atoms with Crippen LogP contribution < -0.4 is 0 Å². The van der Waals surface area contributed by atoms with Gasteiger partial charge in [0.05, 0.1) is 6.10 Å². The highest BCUT2D eigenvalue weighted by Crippen LogP contribution is 2.77. The minimum Gasteiger partial charge on any atom is -0.393 e. The number of hydrogen-bond donors (Lipinski definition) is 1. The van der Waals surface area contributed by atoms with Crippen molar-refractivity contribution in [2.24, 2.45) is 56.2 Å². The molecule has 0 aliphatic heterocycles. The van der Waals surface area contributed by atoms with Gasteiger partial charge in [-0.25, -0.2) is 0 Å². The first kappa shape index (κ1) is 23.4. The van der Waals surface area contributed by atoms with Crippen molar-refractivity contribution in [1.29, 1.82) is 0 Å². The molecule has 1 N–H and O–H groups in total. The minimum atomic E-state index is -0.154. The standard InChI is InChI=1S/C30H50O2/c1-25(2)19-11-17-29(7)21(27(19,5)15-13-23(25)31)9-10-22-28(6)16-14-24(32)26(3,4)20(28)12-18-30(22,29)8/h19-23,31H,9-18H2,1-8H3/t19-,20-,21+,22+,23+,27-,28-,29+,30+/m0/s1. The fourth-order valence-corrected chi connectivity index (χ4v) is 11.9. The highest BCUT2D eigenvalue weighted by Gasteiger charge is 2.71. The average Bonchev–Trinajstić information content (AvgIpc) is 2.69. The number of carbonyl (C=O) groups is 1. The molecule has 2 heteroatoms. The normalized spacial score (nSPS) is 56.4. The van der Waals surface area contributed by atoms with Crippen molar-refractivity contribution in [2.75, 3.05) is 0 Å². The van der Waals surface area contributed by atoms with Crippen molar-refractivity contribution in [3.8, 4) is 0 Å². The number of aliphatic hydroxyl groups is 1. The summed E-state index contributed by atoms with van der Waals surface area (Å²) in [5.41, 5.74) is 1.27. The number of carbonyl (C=O) groups excluding carboxylic acids is 1. The number of fused-ring (bicyclic) bond motifs is 7. The van der Waals surface area contributed by atoms with E-state index in [1.807, 2.05) is 0 Å². The van der Waals surface area contributed by atoms with E-state index in [0.717, 1.165) is 31.1 Å². The fraction of sp³-hybridized carbons (Fsp3) is 0.967. The number of rotatable bonds is 0. The molecule has 0 unspecified atom stereocenters. The van der Waals surface area contributed by atoms with Crippen molar-refractivity contribution in [2.45, 2.75) is 126 Å². The summed E-state index contributed by atoms with van der Waals surface area (Å²) >= 11 is 0. The number of hydrogen-bond acceptors (Lipinski definition) is 2. The molecule has 0 bridgehead atoms. The number of aliphatic hydroxyl groups excluding tert-OH is 1.